The zero-order chi connectivity index (χ0) is 16.4. The summed E-state index contributed by atoms with van der Waals surface area (Å²) in [7, 11) is 0. The number of carbonyl (C=O) groups is 1. The lowest BCUT2D eigenvalue weighted by molar-refractivity contribution is -0.125. The first-order chi connectivity index (χ1) is 11.8. The Balaban J connectivity index is 1.35. The lowest BCUT2D eigenvalue weighted by Crippen LogP contribution is -2.42. The standard InChI is InChI=1S/C18H23N5O/c24-18(19-11-17-21-20-13-23(17)15-8-9-15)16-7-4-10-22(16)12-14-5-2-1-3-6-14/h1-3,5-6,13,15-16H,4,7-12H2,(H,19,24). The van der Waals surface area contributed by atoms with Crippen molar-refractivity contribution < 1.29 is 4.79 Å². The van der Waals surface area contributed by atoms with Crippen molar-refractivity contribution in [2.75, 3.05) is 6.54 Å². The van der Waals surface area contributed by atoms with Crippen molar-refractivity contribution in [3.63, 3.8) is 0 Å². The van der Waals surface area contributed by atoms with Crippen LogP contribution >= 0.6 is 0 Å². The molecule has 2 fully saturated rings. The van der Waals surface area contributed by atoms with E-state index in [1.165, 1.54) is 18.4 Å². The average Bonchev–Trinajstić information content (AvgIpc) is 3.16. The summed E-state index contributed by atoms with van der Waals surface area (Å²) in [5.41, 5.74) is 1.26. The molecular formula is C18H23N5O. The average molecular weight is 325 g/mol. The second kappa shape index (κ2) is 6.73. The molecule has 0 spiro atoms. The fourth-order valence-corrected chi connectivity index (χ4v) is 3.46. The summed E-state index contributed by atoms with van der Waals surface area (Å²) in [4.78, 5) is 14.9. The van der Waals surface area contributed by atoms with E-state index in [1.54, 1.807) is 6.33 Å². The molecule has 2 aliphatic rings. The third-order valence-electron chi connectivity index (χ3n) is 4.90. The largest absolute Gasteiger partial charge is 0.347 e. The highest BCUT2D eigenvalue weighted by Gasteiger charge is 2.31. The maximum absolute atomic E-state index is 12.6. The van der Waals surface area contributed by atoms with Crippen LogP contribution in [0.4, 0.5) is 0 Å². The highest BCUT2D eigenvalue weighted by molar-refractivity contribution is 5.81. The number of amides is 1. The number of benzene rings is 1. The van der Waals surface area contributed by atoms with Crippen LogP contribution in [0.2, 0.25) is 0 Å². The van der Waals surface area contributed by atoms with Gasteiger partial charge in [0.15, 0.2) is 5.82 Å². The zero-order valence-electron chi connectivity index (χ0n) is 13.8. The van der Waals surface area contributed by atoms with Crippen LogP contribution in [0, 0.1) is 0 Å². The number of rotatable bonds is 6. The highest BCUT2D eigenvalue weighted by Crippen LogP contribution is 2.35. The van der Waals surface area contributed by atoms with Crippen LogP contribution in [-0.4, -0.2) is 38.2 Å². The Kier molecular flexibility index (Phi) is 4.30. The first-order valence-electron chi connectivity index (χ1n) is 8.75. The molecule has 1 saturated heterocycles. The first-order valence-corrected chi connectivity index (χ1v) is 8.75. The number of hydrogen-bond donors (Lipinski definition) is 1. The van der Waals surface area contributed by atoms with Crippen LogP contribution in [0.15, 0.2) is 36.7 Å². The van der Waals surface area contributed by atoms with Crippen molar-refractivity contribution in [2.45, 2.75) is 50.9 Å². The van der Waals surface area contributed by atoms with Crippen LogP contribution in [0.25, 0.3) is 0 Å². The van der Waals surface area contributed by atoms with Gasteiger partial charge in [-0.25, -0.2) is 0 Å². The van der Waals surface area contributed by atoms with Crippen LogP contribution in [0.3, 0.4) is 0 Å². The monoisotopic (exact) mass is 325 g/mol. The van der Waals surface area contributed by atoms with E-state index >= 15 is 0 Å². The normalized spacial score (nSPS) is 21.1. The van der Waals surface area contributed by atoms with E-state index in [4.69, 9.17) is 0 Å². The van der Waals surface area contributed by atoms with E-state index < -0.39 is 0 Å². The number of likely N-dealkylation sites (tertiary alicyclic amines) is 1. The van der Waals surface area contributed by atoms with E-state index in [0.29, 0.717) is 12.6 Å². The van der Waals surface area contributed by atoms with Crippen LogP contribution < -0.4 is 5.32 Å². The van der Waals surface area contributed by atoms with E-state index in [-0.39, 0.29) is 11.9 Å². The van der Waals surface area contributed by atoms with Gasteiger partial charge in [-0.05, 0) is 37.8 Å². The molecule has 1 N–H and O–H groups in total. The van der Waals surface area contributed by atoms with Gasteiger partial charge in [0.05, 0.1) is 12.6 Å². The lowest BCUT2D eigenvalue weighted by Gasteiger charge is -2.23. The molecule has 1 amide bonds. The molecule has 1 atom stereocenters. The highest BCUT2D eigenvalue weighted by atomic mass is 16.2. The maximum Gasteiger partial charge on any atom is 0.237 e. The van der Waals surface area contributed by atoms with Gasteiger partial charge in [0.2, 0.25) is 5.91 Å². The number of hydrogen-bond acceptors (Lipinski definition) is 4. The number of aromatic nitrogens is 3. The molecular weight excluding hydrogens is 302 g/mol. The van der Waals surface area contributed by atoms with Gasteiger partial charge in [-0.3, -0.25) is 9.69 Å². The van der Waals surface area contributed by atoms with E-state index in [2.05, 4.69) is 37.1 Å². The van der Waals surface area contributed by atoms with Crippen molar-refractivity contribution in [1.29, 1.82) is 0 Å². The van der Waals surface area contributed by atoms with Crippen molar-refractivity contribution in [3.05, 3.63) is 48.0 Å². The Bertz CT molecular complexity index is 694. The van der Waals surface area contributed by atoms with Gasteiger partial charge in [-0.2, -0.15) is 0 Å². The minimum Gasteiger partial charge on any atom is -0.347 e. The van der Waals surface area contributed by atoms with Gasteiger partial charge < -0.3 is 9.88 Å². The number of nitrogens with zero attached hydrogens (tertiary/aromatic N) is 4. The summed E-state index contributed by atoms with van der Waals surface area (Å²) < 4.78 is 2.09. The Morgan fingerprint density at radius 1 is 1.21 bits per heavy atom. The molecule has 0 bridgehead atoms. The molecule has 4 rings (SSSR count). The first kappa shape index (κ1) is 15.3. The molecule has 1 unspecified atom stereocenters. The number of nitrogens with one attached hydrogen (secondary N) is 1. The molecule has 2 heterocycles. The zero-order valence-corrected chi connectivity index (χ0v) is 13.8. The molecule has 1 aromatic heterocycles. The van der Waals surface area contributed by atoms with Gasteiger partial charge >= 0.3 is 0 Å². The molecule has 2 aromatic rings. The summed E-state index contributed by atoms with van der Waals surface area (Å²) in [6.45, 7) is 2.27. The Labute approximate surface area is 141 Å². The SMILES string of the molecule is O=C(NCc1nncn1C1CC1)C1CCCN1Cc1ccccc1. The molecule has 126 valence electrons. The molecule has 1 aliphatic carbocycles. The molecule has 1 aromatic carbocycles. The molecule has 6 nitrogen and oxygen atoms in total. The molecule has 6 heteroatoms. The van der Waals surface area contributed by atoms with E-state index in [0.717, 1.165) is 31.8 Å². The summed E-state index contributed by atoms with van der Waals surface area (Å²) in [6.07, 6.45) is 6.15. The van der Waals surface area contributed by atoms with Gasteiger partial charge in [0, 0.05) is 12.6 Å². The van der Waals surface area contributed by atoms with Crippen molar-refractivity contribution >= 4 is 5.91 Å². The molecule has 0 radical (unpaired) electrons. The van der Waals surface area contributed by atoms with Gasteiger partial charge in [-0.1, -0.05) is 30.3 Å². The molecule has 1 saturated carbocycles. The van der Waals surface area contributed by atoms with Gasteiger partial charge in [0.1, 0.15) is 6.33 Å². The maximum atomic E-state index is 12.6. The van der Waals surface area contributed by atoms with E-state index in [1.807, 2.05) is 18.2 Å². The summed E-state index contributed by atoms with van der Waals surface area (Å²) >= 11 is 0. The fourth-order valence-electron chi connectivity index (χ4n) is 3.46. The van der Waals surface area contributed by atoms with Gasteiger partial charge in [-0.15, -0.1) is 10.2 Å². The Hall–Kier alpha value is -2.21. The minimum atomic E-state index is -0.0393. The van der Waals surface area contributed by atoms with Crippen molar-refractivity contribution in [1.82, 2.24) is 25.0 Å². The fraction of sp³-hybridized carbons (Fsp3) is 0.500. The number of carbonyl (C=O) groups excluding carboxylic acids is 1. The predicted molar refractivity (Wildman–Crippen MR) is 90.0 cm³/mol. The summed E-state index contributed by atoms with van der Waals surface area (Å²) in [6, 6.07) is 10.8. The van der Waals surface area contributed by atoms with Gasteiger partial charge in [0.25, 0.3) is 0 Å². The third kappa shape index (κ3) is 3.33. The summed E-state index contributed by atoms with van der Waals surface area (Å²) in [5, 5.41) is 11.2. The van der Waals surface area contributed by atoms with Crippen LogP contribution in [0.1, 0.15) is 43.1 Å². The Morgan fingerprint density at radius 3 is 2.83 bits per heavy atom. The quantitative estimate of drug-likeness (QED) is 0.881. The predicted octanol–water partition coefficient (Wildman–Crippen LogP) is 1.89. The van der Waals surface area contributed by atoms with Crippen molar-refractivity contribution in [2.24, 2.45) is 0 Å². The second-order valence-corrected chi connectivity index (χ2v) is 6.72. The third-order valence-corrected chi connectivity index (χ3v) is 4.90. The smallest absolute Gasteiger partial charge is 0.237 e. The van der Waals surface area contributed by atoms with E-state index in [9.17, 15) is 4.79 Å². The molecule has 24 heavy (non-hydrogen) atoms. The van der Waals surface area contributed by atoms with Crippen LogP contribution in [0.5, 0.6) is 0 Å². The van der Waals surface area contributed by atoms with Crippen molar-refractivity contribution in [3.8, 4) is 0 Å². The van der Waals surface area contributed by atoms with Crippen LogP contribution in [-0.2, 0) is 17.9 Å². The molecule has 1 aliphatic heterocycles. The summed E-state index contributed by atoms with van der Waals surface area (Å²) in [5.74, 6) is 0.965. The topological polar surface area (TPSA) is 63.1 Å². The second-order valence-electron chi connectivity index (χ2n) is 6.72. The Morgan fingerprint density at radius 2 is 2.04 bits per heavy atom. The lowest BCUT2D eigenvalue weighted by atomic mass is 10.1. The minimum absolute atomic E-state index is 0.0393.